The van der Waals surface area contributed by atoms with Crippen molar-refractivity contribution < 1.29 is 8.42 Å². The van der Waals surface area contributed by atoms with Crippen molar-refractivity contribution in [2.75, 3.05) is 13.1 Å². The summed E-state index contributed by atoms with van der Waals surface area (Å²) in [6, 6.07) is 1.88. The Morgan fingerprint density at radius 1 is 1.59 bits per heavy atom. The van der Waals surface area contributed by atoms with E-state index in [1.165, 1.54) is 6.20 Å². The predicted molar refractivity (Wildman–Crippen MR) is 63.0 cm³/mol. The summed E-state index contributed by atoms with van der Waals surface area (Å²) in [5, 5.41) is 3.07. The third-order valence-electron chi connectivity index (χ3n) is 2.70. The molecular formula is C10H16N4O2S. The van der Waals surface area contributed by atoms with E-state index in [1.54, 1.807) is 13.0 Å². The normalized spacial score (nSPS) is 20.6. The van der Waals surface area contributed by atoms with Gasteiger partial charge >= 0.3 is 0 Å². The van der Waals surface area contributed by atoms with Crippen LogP contribution in [0.15, 0.2) is 17.4 Å². The Labute approximate surface area is 101 Å². The van der Waals surface area contributed by atoms with Crippen molar-refractivity contribution >= 4 is 10.0 Å². The minimum atomic E-state index is -3.58. The predicted octanol–water partition coefficient (Wildman–Crippen LogP) is -0.185. The van der Waals surface area contributed by atoms with Gasteiger partial charge in [0.2, 0.25) is 0 Å². The fourth-order valence-corrected chi connectivity index (χ4v) is 2.77. The maximum Gasteiger partial charge on any atom is 0.276 e. The topological polar surface area (TPSA) is 84.0 Å². The molecule has 0 bridgehead atoms. The Hall–Kier alpha value is -1.05. The monoisotopic (exact) mass is 256 g/mol. The molecule has 2 rings (SSSR count). The maximum absolute atomic E-state index is 11.9. The molecule has 7 heteroatoms. The number of nitrogens with zero attached hydrogens (tertiary/aromatic N) is 2. The van der Waals surface area contributed by atoms with Gasteiger partial charge in [0, 0.05) is 24.5 Å². The number of aryl methyl sites for hydroxylation is 1. The van der Waals surface area contributed by atoms with Crippen LogP contribution >= 0.6 is 0 Å². The number of nitrogens with one attached hydrogen (secondary N) is 2. The van der Waals surface area contributed by atoms with Crippen LogP contribution in [0.4, 0.5) is 0 Å². The third kappa shape index (κ3) is 3.21. The lowest BCUT2D eigenvalue weighted by molar-refractivity contribution is 0.545. The molecule has 94 valence electrons. The summed E-state index contributed by atoms with van der Waals surface area (Å²) in [6.07, 6.45) is 3.54. The molecule has 17 heavy (non-hydrogen) atoms. The summed E-state index contributed by atoms with van der Waals surface area (Å²) in [4.78, 5) is 7.68. The molecule has 0 amide bonds. The van der Waals surface area contributed by atoms with Crippen LogP contribution in [0.25, 0.3) is 0 Å². The second kappa shape index (κ2) is 5.07. The van der Waals surface area contributed by atoms with E-state index >= 15 is 0 Å². The first-order chi connectivity index (χ1) is 8.08. The number of hydrogen-bond donors (Lipinski definition) is 2. The lowest BCUT2D eigenvalue weighted by atomic mass is 10.2. The van der Waals surface area contributed by atoms with Gasteiger partial charge in [-0.2, -0.15) is 0 Å². The van der Waals surface area contributed by atoms with Crippen molar-refractivity contribution in [2.24, 2.45) is 0 Å². The van der Waals surface area contributed by atoms with Crippen LogP contribution in [0.2, 0.25) is 0 Å². The second-order valence-corrected chi connectivity index (χ2v) is 5.79. The molecule has 1 aromatic heterocycles. The standard InChI is InChI=1S/C10H16N4O2S/c1-8-4-6-12-10(14-8)17(15,16)13-7-9-3-2-5-11-9/h4,6,9,11,13H,2-3,5,7H2,1H3/t9-/m1/s1. The smallest absolute Gasteiger partial charge is 0.276 e. The summed E-state index contributed by atoms with van der Waals surface area (Å²) in [5.74, 6) is 0. The van der Waals surface area contributed by atoms with Gasteiger partial charge < -0.3 is 5.32 Å². The Morgan fingerprint density at radius 3 is 3.06 bits per heavy atom. The van der Waals surface area contributed by atoms with Gasteiger partial charge in [0.1, 0.15) is 0 Å². The number of hydrogen-bond acceptors (Lipinski definition) is 5. The molecule has 1 saturated heterocycles. The van der Waals surface area contributed by atoms with Crippen molar-refractivity contribution in [2.45, 2.75) is 31.0 Å². The molecule has 1 aliphatic rings. The minimum absolute atomic E-state index is 0.157. The van der Waals surface area contributed by atoms with Crippen LogP contribution in [0.1, 0.15) is 18.5 Å². The zero-order valence-electron chi connectivity index (χ0n) is 9.68. The van der Waals surface area contributed by atoms with Crippen LogP contribution < -0.4 is 10.0 Å². The van der Waals surface area contributed by atoms with E-state index in [4.69, 9.17) is 0 Å². The van der Waals surface area contributed by atoms with Gasteiger partial charge in [-0.15, -0.1) is 0 Å². The van der Waals surface area contributed by atoms with Gasteiger partial charge in [-0.25, -0.2) is 23.1 Å². The van der Waals surface area contributed by atoms with E-state index < -0.39 is 10.0 Å². The molecule has 2 N–H and O–H groups in total. The summed E-state index contributed by atoms with van der Waals surface area (Å²) in [5.41, 5.74) is 0.638. The van der Waals surface area contributed by atoms with Crippen molar-refractivity contribution in [3.63, 3.8) is 0 Å². The molecule has 0 radical (unpaired) electrons. The molecule has 0 aromatic carbocycles. The average Bonchev–Trinajstić information content (AvgIpc) is 2.79. The molecule has 1 aliphatic heterocycles. The number of aromatic nitrogens is 2. The fraction of sp³-hybridized carbons (Fsp3) is 0.600. The molecule has 0 saturated carbocycles. The summed E-state index contributed by atoms with van der Waals surface area (Å²) in [6.45, 7) is 3.08. The van der Waals surface area contributed by atoms with E-state index in [0.717, 1.165) is 19.4 Å². The highest BCUT2D eigenvalue weighted by Crippen LogP contribution is 2.06. The van der Waals surface area contributed by atoms with Gasteiger partial charge in [-0.3, -0.25) is 0 Å². The molecule has 0 aliphatic carbocycles. The summed E-state index contributed by atoms with van der Waals surface area (Å²) >= 11 is 0. The Balaban J connectivity index is 2.03. The number of sulfonamides is 1. The van der Waals surface area contributed by atoms with Gasteiger partial charge in [-0.1, -0.05) is 0 Å². The largest absolute Gasteiger partial charge is 0.313 e. The van der Waals surface area contributed by atoms with E-state index in [1.807, 2.05) is 0 Å². The van der Waals surface area contributed by atoms with Crippen molar-refractivity contribution in [1.82, 2.24) is 20.0 Å². The van der Waals surface area contributed by atoms with Crippen LogP contribution in [-0.2, 0) is 10.0 Å². The zero-order valence-corrected chi connectivity index (χ0v) is 10.5. The van der Waals surface area contributed by atoms with Crippen molar-refractivity contribution in [3.05, 3.63) is 18.0 Å². The van der Waals surface area contributed by atoms with Crippen LogP contribution in [0.5, 0.6) is 0 Å². The molecule has 1 fully saturated rings. The lowest BCUT2D eigenvalue weighted by Gasteiger charge is -2.11. The van der Waals surface area contributed by atoms with E-state index in [2.05, 4.69) is 20.0 Å². The van der Waals surface area contributed by atoms with E-state index in [9.17, 15) is 8.42 Å². The molecule has 6 nitrogen and oxygen atoms in total. The Kier molecular flexibility index (Phi) is 3.70. The molecule has 0 spiro atoms. The van der Waals surface area contributed by atoms with Gasteiger partial charge in [0.05, 0.1) is 0 Å². The Morgan fingerprint density at radius 2 is 2.41 bits per heavy atom. The SMILES string of the molecule is Cc1ccnc(S(=O)(=O)NC[C@H]2CCCN2)n1. The first kappa shape index (κ1) is 12.4. The second-order valence-electron chi connectivity index (χ2n) is 4.13. The minimum Gasteiger partial charge on any atom is -0.313 e. The van der Waals surface area contributed by atoms with Gasteiger partial charge in [-0.05, 0) is 32.4 Å². The lowest BCUT2D eigenvalue weighted by Crippen LogP contribution is -2.37. The zero-order chi connectivity index (χ0) is 12.3. The van der Waals surface area contributed by atoms with Gasteiger partial charge in [0.15, 0.2) is 0 Å². The van der Waals surface area contributed by atoms with E-state index in [0.29, 0.717) is 12.2 Å². The highest BCUT2D eigenvalue weighted by Gasteiger charge is 2.21. The van der Waals surface area contributed by atoms with Crippen molar-refractivity contribution in [3.8, 4) is 0 Å². The van der Waals surface area contributed by atoms with Crippen LogP contribution in [0.3, 0.4) is 0 Å². The fourth-order valence-electron chi connectivity index (χ4n) is 1.76. The molecular weight excluding hydrogens is 240 g/mol. The highest BCUT2D eigenvalue weighted by molar-refractivity contribution is 7.89. The summed E-state index contributed by atoms with van der Waals surface area (Å²) < 4.78 is 26.3. The quantitative estimate of drug-likeness (QED) is 0.730. The number of rotatable bonds is 4. The van der Waals surface area contributed by atoms with Gasteiger partial charge in [0.25, 0.3) is 15.2 Å². The third-order valence-corrected chi connectivity index (χ3v) is 3.92. The Bertz CT molecular complexity index is 483. The average molecular weight is 256 g/mol. The molecule has 1 aromatic rings. The molecule has 2 heterocycles. The van der Waals surface area contributed by atoms with Crippen molar-refractivity contribution in [1.29, 1.82) is 0 Å². The van der Waals surface area contributed by atoms with E-state index in [-0.39, 0.29) is 11.2 Å². The van der Waals surface area contributed by atoms with Crippen LogP contribution in [-0.4, -0.2) is 37.5 Å². The first-order valence-electron chi connectivity index (χ1n) is 5.60. The highest BCUT2D eigenvalue weighted by atomic mass is 32.2. The summed E-state index contributed by atoms with van der Waals surface area (Å²) in [7, 11) is -3.58. The maximum atomic E-state index is 11.9. The molecule has 0 unspecified atom stereocenters. The van der Waals surface area contributed by atoms with Crippen LogP contribution in [0, 0.1) is 6.92 Å². The first-order valence-corrected chi connectivity index (χ1v) is 7.09. The molecule has 1 atom stereocenters.